The molecule has 1 amide bonds. The molecule has 0 aliphatic rings. The highest BCUT2D eigenvalue weighted by Crippen LogP contribution is 2.32. The normalized spacial score (nSPS) is 10.4. The molecule has 106 valence electrons. The lowest BCUT2D eigenvalue weighted by atomic mass is 10.1. The van der Waals surface area contributed by atoms with E-state index in [0.29, 0.717) is 11.5 Å². The molecule has 1 rings (SSSR count). The second kappa shape index (κ2) is 6.21. The van der Waals surface area contributed by atoms with E-state index in [-0.39, 0.29) is 11.3 Å². The Hall–Kier alpha value is -2.05. The molecule has 0 atom stereocenters. The van der Waals surface area contributed by atoms with Crippen molar-refractivity contribution >= 4 is 11.6 Å². The number of nitrogen functional groups attached to an aromatic ring is 1. The molecular formula is C12H16F2N2O3. The first-order chi connectivity index (χ1) is 8.90. The van der Waals surface area contributed by atoms with Gasteiger partial charge in [-0.3, -0.25) is 4.79 Å². The van der Waals surface area contributed by atoms with Crippen LogP contribution >= 0.6 is 0 Å². The third-order valence-corrected chi connectivity index (χ3v) is 2.54. The third-order valence-electron chi connectivity index (χ3n) is 2.54. The molecule has 0 heterocycles. The minimum atomic E-state index is -2.60. The first-order valence-electron chi connectivity index (χ1n) is 5.45. The second-order valence-electron chi connectivity index (χ2n) is 3.87. The number of carbonyl (C=O) groups excluding carboxylic acids is 1. The maximum Gasteiger partial charge on any atom is 0.256 e. The van der Waals surface area contributed by atoms with Crippen molar-refractivity contribution in [2.45, 2.75) is 6.43 Å². The number of anilines is 1. The molecule has 0 aliphatic carbocycles. The Morgan fingerprint density at radius 2 is 1.84 bits per heavy atom. The molecule has 0 unspecified atom stereocenters. The number of benzene rings is 1. The van der Waals surface area contributed by atoms with Crippen molar-refractivity contribution in [3.8, 4) is 11.5 Å². The summed E-state index contributed by atoms with van der Waals surface area (Å²) in [4.78, 5) is 12.9. The Balaban J connectivity index is 3.09. The van der Waals surface area contributed by atoms with Gasteiger partial charge in [-0.1, -0.05) is 0 Å². The predicted molar refractivity (Wildman–Crippen MR) is 66.9 cm³/mol. The van der Waals surface area contributed by atoms with E-state index >= 15 is 0 Å². The van der Waals surface area contributed by atoms with Crippen LogP contribution in [0.3, 0.4) is 0 Å². The quantitative estimate of drug-likeness (QED) is 0.829. The van der Waals surface area contributed by atoms with Gasteiger partial charge in [-0.25, -0.2) is 8.78 Å². The lowest BCUT2D eigenvalue weighted by Gasteiger charge is -2.19. The number of nitrogens with two attached hydrogens (primary N) is 1. The number of hydrogen-bond donors (Lipinski definition) is 1. The summed E-state index contributed by atoms with van der Waals surface area (Å²) in [5, 5.41) is 0. The van der Waals surface area contributed by atoms with Crippen LogP contribution in [-0.2, 0) is 0 Å². The average molecular weight is 274 g/mol. The molecule has 0 saturated heterocycles. The second-order valence-corrected chi connectivity index (χ2v) is 3.87. The monoisotopic (exact) mass is 274 g/mol. The summed E-state index contributed by atoms with van der Waals surface area (Å²) in [5.41, 5.74) is 5.96. The largest absolute Gasteiger partial charge is 0.493 e. The Bertz CT molecular complexity index is 467. The zero-order valence-corrected chi connectivity index (χ0v) is 10.9. The van der Waals surface area contributed by atoms with Crippen LogP contribution < -0.4 is 15.2 Å². The molecule has 0 bridgehead atoms. The van der Waals surface area contributed by atoms with E-state index in [4.69, 9.17) is 15.2 Å². The molecule has 19 heavy (non-hydrogen) atoms. The van der Waals surface area contributed by atoms with Crippen molar-refractivity contribution in [2.75, 3.05) is 33.5 Å². The molecule has 1 aromatic carbocycles. The summed E-state index contributed by atoms with van der Waals surface area (Å²) in [5.74, 6) is 0.0808. The molecule has 0 aliphatic heterocycles. The SMILES string of the molecule is COc1cc(N)c(C(=O)N(C)CC(F)F)cc1OC. The number of hydrogen-bond acceptors (Lipinski definition) is 4. The standard InChI is InChI=1S/C12H16F2N2O3/c1-16(6-11(13)14)12(17)7-4-9(18-2)10(19-3)5-8(7)15/h4-5,11H,6,15H2,1-3H3. The van der Waals surface area contributed by atoms with Gasteiger partial charge in [0.15, 0.2) is 11.5 Å². The van der Waals surface area contributed by atoms with Crippen molar-refractivity contribution in [3.63, 3.8) is 0 Å². The van der Waals surface area contributed by atoms with Gasteiger partial charge in [-0.2, -0.15) is 0 Å². The lowest BCUT2D eigenvalue weighted by molar-refractivity contribution is 0.0621. The summed E-state index contributed by atoms with van der Waals surface area (Å²) >= 11 is 0. The highest BCUT2D eigenvalue weighted by molar-refractivity contribution is 6.00. The Labute approximate surface area is 109 Å². The van der Waals surface area contributed by atoms with Gasteiger partial charge in [-0.05, 0) is 6.07 Å². The van der Waals surface area contributed by atoms with Crippen LogP contribution in [0.15, 0.2) is 12.1 Å². The van der Waals surface area contributed by atoms with Crippen LogP contribution in [0, 0.1) is 0 Å². The molecule has 7 heteroatoms. The third kappa shape index (κ3) is 3.46. The highest BCUT2D eigenvalue weighted by Gasteiger charge is 2.20. The topological polar surface area (TPSA) is 64.8 Å². The molecule has 0 saturated carbocycles. The number of rotatable bonds is 5. The minimum Gasteiger partial charge on any atom is -0.493 e. The first kappa shape index (κ1) is 15.0. The Kier molecular flexibility index (Phi) is 4.91. The molecule has 0 fully saturated rings. The molecule has 2 N–H and O–H groups in total. The highest BCUT2D eigenvalue weighted by atomic mass is 19.3. The van der Waals surface area contributed by atoms with E-state index in [1.54, 1.807) is 0 Å². The van der Waals surface area contributed by atoms with Crippen molar-refractivity contribution in [1.82, 2.24) is 4.90 Å². The van der Waals surface area contributed by atoms with Crippen LogP contribution in [0.5, 0.6) is 11.5 Å². The summed E-state index contributed by atoms with van der Waals surface area (Å²) in [7, 11) is 4.12. The van der Waals surface area contributed by atoms with Crippen LogP contribution in [0.1, 0.15) is 10.4 Å². The zero-order chi connectivity index (χ0) is 14.6. The molecule has 1 aromatic rings. The van der Waals surface area contributed by atoms with E-state index in [2.05, 4.69) is 0 Å². The van der Waals surface area contributed by atoms with Crippen molar-refractivity contribution < 1.29 is 23.0 Å². The lowest BCUT2D eigenvalue weighted by Crippen LogP contribution is -2.31. The maximum absolute atomic E-state index is 12.3. The van der Waals surface area contributed by atoms with Gasteiger partial charge < -0.3 is 20.1 Å². The molecule has 0 aromatic heterocycles. The number of halogens is 2. The smallest absolute Gasteiger partial charge is 0.256 e. The predicted octanol–water partition coefficient (Wildman–Crippen LogP) is 1.62. The fourth-order valence-corrected chi connectivity index (χ4v) is 1.58. The van der Waals surface area contributed by atoms with Crippen LogP contribution in [-0.4, -0.2) is 45.0 Å². The Morgan fingerprint density at radius 3 is 2.32 bits per heavy atom. The van der Waals surface area contributed by atoms with Crippen molar-refractivity contribution in [3.05, 3.63) is 17.7 Å². The van der Waals surface area contributed by atoms with E-state index < -0.39 is 18.9 Å². The van der Waals surface area contributed by atoms with E-state index in [9.17, 15) is 13.6 Å². The van der Waals surface area contributed by atoms with Crippen LogP contribution in [0.2, 0.25) is 0 Å². The number of alkyl halides is 2. The van der Waals surface area contributed by atoms with Crippen LogP contribution in [0.4, 0.5) is 14.5 Å². The minimum absolute atomic E-state index is 0.0980. The van der Waals surface area contributed by atoms with E-state index in [0.717, 1.165) is 4.90 Å². The summed E-state index contributed by atoms with van der Waals surface area (Å²) in [6.07, 6.45) is -2.60. The number of methoxy groups -OCH3 is 2. The van der Waals surface area contributed by atoms with Crippen molar-refractivity contribution in [2.24, 2.45) is 0 Å². The fourth-order valence-electron chi connectivity index (χ4n) is 1.58. The van der Waals surface area contributed by atoms with E-state index in [1.165, 1.54) is 33.4 Å². The number of ether oxygens (including phenoxy) is 2. The van der Waals surface area contributed by atoms with Gasteiger partial charge in [0.25, 0.3) is 12.3 Å². The zero-order valence-electron chi connectivity index (χ0n) is 10.9. The summed E-state index contributed by atoms with van der Waals surface area (Å²) in [6.45, 7) is -0.660. The molecule has 0 spiro atoms. The number of amides is 1. The van der Waals surface area contributed by atoms with E-state index in [1.807, 2.05) is 0 Å². The Morgan fingerprint density at radius 1 is 1.32 bits per heavy atom. The van der Waals surface area contributed by atoms with Gasteiger partial charge in [-0.15, -0.1) is 0 Å². The molecule has 0 radical (unpaired) electrons. The van der Waals surface area contributed by atoms with Gasteiger partial charge in [0.2, 0.25) is 0 Å². The van der Waals surface area contributed by atoms with Gasteiger partial charge >= 0.3 is 0 Å². The summed E-state index contributed by atoms with van der Waals surface area (Å²) in [6, 6.07) is 2.79. The average Bonchev–Trinajstić information content (AvgIpc) is 2.36. The fraction of sp³-hybridized carbons (Fsp3) is 0.417. The summed E-state index contributed by atoms with van der Waals surface area (Å²) < 4.78 is 34.6. The van der Waals surface area contributed by atoms with Crippen molar-refractivity contribution in [1.29, 1.82) is 0 Å². The van der Waals surface area contributed by atoms with Gasteiger partial charge in [0.05, 0.1) is 26.3 Å². The first-order valence-corrected chi connectivity index (χ1v) is 5.45. The molecular weight excluding hydrogens is 258 g/mol. The van der Waals surface area contributed by atoms with Gasteiger partial charge in [0, 0.05) is 18.8 Å². The van der Waals surface area contributed by atoms with Gasteiger partial charge in [0.1, 0.15) is 0 Å². The maximum atomic E-state index is 12.3. The number of nitrogens with zero attached hydrogens (tertiary/aromatic N) is 1. The molecule has 5 nitrogen and oxygen atoms in total. The number of carbonyl (C=O) groups is 1. The van der Waals surface area contributed by atoms with Crippen LogP contribution in [0.25, 0.3) is 0 Å².